The van der Waals surface area contributed by atoms with Crippen LogP contribution in [0.2, 0.25) is 0 Å². The summed E-state index contributed by atoms with van der Waals surface area (Å²) in [7, 11) is 0. The summed E-state index contributed by atoms with van der Waals surface area (Å²) in [4.78, 5) is 38.6. The molecule has 63 heavy (non-hydrogen) atoms. The normalized spacial score (nSPS) is 15.2. The Hall–Kier alpha value is -5.13. The van der Waals surface area contributed by atoms with Gasteiger partial charge in [0.1, 0.15) is 0 Å². The number of nitrogen functional groups attached to an aromatic ring is 1. The van der Waals surface area contributed by atoms with E-state index in [0.29, 0.717) is 50.6 Å². The zero-order valence-electron chi connectivity index (χ0n) is 37.6. The molecule has 3 aromatic heterocycles. The van der Waals surface area contributed by atoms with E-state index >= 15 is 0 Å². The third-order valence-electron chi connectivity index (χ3n) is 7.05. The second-order valence-corrected chi connectivity index (χ2v) is 15.1. The first-order valence-corrected chi connectivity index (χ1v) is 20.6. The molecule has 0 saturated heterocycles. The lowest BCUT2D eigenvalue weighted by atomic mass is 10.3. The van der Waals surface area contributed by atoms with Crippen molar-refractivity contribution in [3.8, 4) is 0 Å². The van der Waals surface area contributed by atoms with Crippen molar-refractivity contribution in [1.29, 1.82) is 0 Å². The molecule has 3 aromatic rings. The number of rotatable bonds is 26. The van der Waals surface area contributed by atoms with E-state index in [-0.39, 0.29) is 61.9 Å². The molecule has 0 aliphatic carbocycles. The molecule has 27 heteroatoms. The van der Waals surface area contributed by atoms with E-state index in [2.05, 4.69) is 82.1 Å². The average molecular weight is 901 g/mol. The van der Waals surface area contributed by atoms with E-state index in [0.717, 1.165) is 0 Å². The summed E-state index contributed by atoms with van der Waals surface area (Å²) >= 11 is 0. The predicted octanol–water partition coefficient (Wildman–Crippen LogP) is -2.69. The molecule has 3 heterocycles. The molecule has 0 amide bonds. The third-order valence-corrected chi connectivity index (χ3v) is 7.05. The number of hydrogen-bond donors (Lipinski definition) is 17. The van der Waals surface area contributed by atoms with Gasteiger partial charge >= 0.3 is 0 Å². The van der Waals surface area contributed by atoms with Crippen LogP contribution >= 0.6 is 0 Å². The summed E-state index contributed by atoms with van der Waals surface area (Å²) in [6.45, 7) is 17.3. The molecule has 9 unspecified atom stereocenters. The first-order chi connectivity index (χ1) is 29.5. The van der Waals surface area contributed by atoms with Crippen molar-refractivity contribution in [3.63, 3.8) is 0 Å². The minimum Gasteiger partial charge on any atom is -0.392 e. The highest BCUT2D eigenvalue weighted by Crippen LogP contribution is 2.16. The molecule has 3 rings (SSSR count). The van der Waals surface area contributed by atoms with Gasteiger partial charge in [0.15, 0.2) is 0 Å². The predicted molar refractivity (Wildman–Crippen MR) is 241 cm³/mol. The van der Waals surface area contributed by atoms with Crippen LogP contribution in [-0.2, 0) is 0 Å². The molecule has 9 atom stereocenters. The second kappa shape index (κ2) is 30.0. The van der Waals surface area contributed by atoms with Crippen LogP contribution in [0.3, 0.4) is 0 Å². The summed E-state index contributed by atoms with van der Waals surface area (Å²) in [5.74, 6) is 2.31. The lowest BCUT2D eigenvalue weighted by Crippen LogP contribution is -2.38. The van der Waals surface area contributed by atoms with Gasteiger partial charge in [-0.05, 0) is 62.3 Å². The van der Waals surface area contributed by atoms with Gasteiger partial charge in [-0.1, -0.05) is 0 Å². The van der Waals surface area contributed by atoms with Crippen molar-refractivity contribution in [3.05, 3.63) is 0 Å². The molecule has 0 aromatic carbocycles. The SMILES string of the molecule is CC(O)CNc1nc(N)nc(NCC(C)O)n1.CC(O)CNc1nc(NCC(C)O)nc(N(CC(C)O)CC(C)O)n1.CC(O)CNc1nc(NCC(C)O)nc(NCC(C)O)n1. The van der Waals surface area contributed by atoms with E-state index in [4.69, 9.17) is 15.9 Å². The van der Waals surface area contributed by atoms with E-state index in [1.807, 2.05) is 0 Å². The van der Waals surface area contributed by atoms with Gasteiger partial charge in [-0.15, -0.1) is 0 Å². The zero-order valence-corrected chi connectivity index (χ0v) is 37.6. The number of aromatic nitrogens is 9. The van der Waals surface area contributed by atoms with Crippen LogP contribution in [0, 0.1) is 0 Å². The molecule has 0 bridgehead atoms. The van der Waals surface area contributed by atoms with E-state index in [9.17, 15) is 35.7 Å². The lowest BCUT2D eigenvalue weighted by Gasteiger charge is -2.26. The van der Waals surface area contributed by atoms with Crippen LogP contribution in [0.15, 0.2) is 0 Å². The quantitative estimate of drug-likeness (QED) is 0.0390. The highest BCUT2D eigenvalue weighted by molar-refractivity contribution is 5.45. The molecule has 0 radical (unpaired) electrons. The van der Waals surface area contributed by atoms with Crippen LogP contribution < -0.4 is 47.9 Å². The first-order valence-electron chi connectivity index (χ1n) is 20.6. The largest absolute Gasteiger partial charge is 0.392 e. The van der Waals surface area contributed by atoms with Crippen molar-refractivity contribution in [1.82, 2.24) is 44.9 Å². The van der Waals surface area contributed by atoms with Crippen LogP contribution in [-0.4, -0.2) is 205 Å². The number of anilines is 9. The minimum absolute atomic E-state index is 0.0705. The topological polar surface area (TPSA) is 412 Å². The summed E-state index contributed by atoms with van der Waals surface area (Å²) in [5, 5.41) is 104. The zero-order chi connectivity index (χ0) is 47.6. The fourth-order valence-corrected chi connectivity index (χ4v) is 4.38. The van der Waals surface area contributed by atoms with E-state index in [1.165, 1.54) is 0 Å². The van der Waals surface area contributed by atoms with Gasteiger partial charge in [-0.3, -0.25) is 0 Å². The molecular weight excluding hydrogens is 829 g/mol. The molecule has 360 valence electrons. The smallest absolute Gasteiger partial charge is 0.232 e. The molecule has 0 aliphatic heterocycles. The van der Waals surface area contributed by atoms with Gasteiger partial charge in [0.05, 0.1) is 54.9 Å². The fraction of sp³-hybridized carbons (Fsp3) is 0.750. The van der Waals surface area contributed by atoms with Crippen LogP contribution in [0.1, 0.15) is 62.3 Å². The van der Waals surface area contributed by atoms with Gasteiger partial charge in [0.2, 0.25) is 53.5 Å². The van der Waals surface area contributed by atoms with Crippen LogP contribution in [0.4, 0.5) is 53.5 Å². The van der Waals surface area contributed by atoms with Crippen molar-refractivity contribution in [2.45, 2.75) is 117 Å². The number of hydrogen-bond acceptors (Lipinski definition) is 27. The summed E-state index contributed by atoms with van der Waals surface area (Å²) < 4.78 is 0. The fourth-order valence-electron chi connectivity index (χ4n) is 4.38. The Kier molecular flexibility index (Phi) is 26.7. The molecule has 27 nitrogen and oxygen atoms in total. The summed E-state index contributed by atoms with van der Waals surface area (Å²) in [5.41, 5.74) is 5.50. The van der Waals surface area contributed by atoms with Gasteiger partial charge in [-0.2, -0.15) is 44.9 Å². The monoisotopic (exact) mass is 901 g/mol. The van der Waals surface area contributed by atoms with E-state index in [1.54, 1.807) is 67.2 Å². The Balaban J connectivity index is 0.000000481. The molecule has 0 aliphatic rings. The van der Waals surface area contributed by atoms with Crippen LogP contribution in [0.25, 0.3) is 0 Å². The minimum atomic E-state index is -0.640. The van der Waals surface area contributed by atoms with Gasteiger partial charge in [0, 0.05) is 58.9 Å². The summed E-state index contributed by atoms with van der Waals surface area (Å²) in [6.07, 6.45) is -5.08. The standard InChI is InChI=1S/C15H30N6O4.C12H24N6O3.C9H18N6O2/c1-9(22)5-16-13-18-14(17-6-10(2)23)20-15(19-13)21(7-11(3)24)8-12(4)25;1-7(19)4-13-10-16-11(14-5-8(2)20)18-12(17-10)15-6-9(3)21;1-5(16)3-11-8-13-7(10)14-9(15-8)12-4-6(2)17/h9-12,22-25H,5-8H2,1-4H3,(H2,16,17,18,19,20);7-9,19-21H,4-6H2,1-3H3,(H3,13,14,15,16,17,18);5-6,16-17H,3-4H2,1-2H3,(H4,10,11,12,13,14,15). The highest BCUT2D eigenvalue weighted by atomic mass is 16.3. The maximum absolute atomic E-state index is 9.70. The second-order valence-electron chi connectivity index (χ2n) is 15.1. The Morgan fingerprint density at radius 1 is 0.333 bits per heavy atom. The van der Waals surface area contributed by atoms with Crippen molar-refractivity contribution >= 4 is 53.5 Å². The number of nitrogens with zero attached hydrogens (tertiary/aromatic N) is 10. The Morgan fingerprint density at radius 2 is 0.524 bits per heavy atom. The number of nitrogens with one attached hydrogen (secondary N) is 7. The summed E-state index contributed by atoms with van der Waals surface area (Å²) in [6, 6.07) is 0. The molecule has 0 saturated carbocycles. The number of aliphatic hydroxyl groups is 9. The maximum Gasteiger partial charge on any atom is 0.232 e. The average Bonchev–Trinajstić information content (AvgIpc) is 3.18. The maximum atomic E-state index is 9.70. The highest BCUT2D eigenvalue weighted by Gasteiger charge is 2.18. The molecule has 0 fully saturated rings. The van der Waals surface area contributed by atoms with Gasteiger partial charge in [-0.25, -0.2) is 0 Å². The number of nitrogens with two attached hydrogens (primary N) is 1. The van der Waals surface area contributed by atoms with Gasteiger partial charge in [0.25, 0.3) is 0 Å². The van der Waals surface area contributed by atoms with Crippen LogP contribution in [0.5, 0.6) is 0 Å². The lowest BCUT2D eigenvalue weighted by molar-refractivity contribution is 0.177. The van der Waals surface area contributed by atoms with E-state index < -0.39 is 54.9 Å². The molecular formula is C36H72N18O9. The first kappa shape index (κ1) is 55.9. The number of aliphatic hydroxyl groups excluding tert-OH is 9. The third kappa shape index (κ3) is 28.2. The Labute approximate surface area is 367 Å². The molecule has 0 spiro atoms. The van der Waals surface area contributed by atoms with Crippen molar-refractivity contribution in [2.75, 3.05) is 107 Å². The Bertz CT molecular complexity index is 1530. The van der Waals surface area contributed by atoms with Crippen molar-refractivity contribution in [2.24, 2.45) is 0 Å². The molecule has 18 N–H and O–H groups in total. The Morgan fingerprint density at radius 3 is 0.714 bits per heavy atom. The van der Waals surface area contributed by atoms with Crippen molar-refractivity contribution < 1.29 is 46.0 Å². The van der Waals surface area contributed by atoms with Gasteiger partial charge < -0.3 is 93.8 Å².